The number of H-pyrrole nitrogens is 1. The minimum Gasteiger partial charge on any atom is -0.384 e. The average Bonchev–Trinajstić information content (AvgIpc) is 2.82. The summed E-state index contributed by atoms with van der Waals surface area (Å²) in [5, 5.41) is 13.3. The lowest BCUT2D eigenvalue weighted by Gasteiger charge is -2.30. The molecule has 3 N–H and O–H groups in total. The molecule has 1 fully saturated rings. The summed E-state index contributed by atoms with van der Waals surface area (Å²) in [5.41, 5.74) is 0.797. The van der Waals surface area contributed by atoms with Gasteiger partial charge in [0.1, 0.15) is 11.4 Å². The molecule has 1 aliphatic heterocycles. The molecule has 1 saturated heterocycles. The highest BCUT2D eigenvalue weighted by Crippen LogP contribution is 2.18. The maximum absolute atomic E-state index is 12.9. The average molecular weight is 346 g/mol. The number of carbonyl (C=O) groups excluding carboxylic acids is 2. The van der Waals surface area contributed by atoms with Crippen LogP contribution in [0.1, 0.15) is 23.1 Å². The van der Waals surface area contributed by atoms with E-state index in [-0.39, 0.29) is 31.5 Å². The third-order valence-corrected chi connectivity index (χ3v) is 4.16. The Hall–Kier alpha value is -2.45. The van der Waals surface area contributed by atoms with Crippen molar-refractivity contribution in [2.45, 2.75) is 19.4 Å². The largest absolute Gasteiger partial charge is 0.384 e. The smallest absolute Gasteiger partial charge is 0.254 e. The fraction of sp³-hybridized carbons (Fsp3) is 0.471. The summed E-state index contributed by atoms with van der Waals surface area (Å²) in [6.45, 7) is 4.13. The Morgan fingerprint density at radius 1 is 1.48 bits per heavy atom. The molecule has 25 heavy (non-hydrogen) atoms. The number of hydrogen-bond acceptors (Lipinski definition) is 5. The van der Waals surface area contributed by atoms with Crippen LogP contribution in [-0.4, -0.2) is 70.2 Å². The lowest BCUT2D eigenvalue weighted by Crippen LogP contribution is -2.53. The van der Waals surface area contributed by atoms with E-state index in [4.69, 9.17) is 4.74 Å². The maximum Gasteiger partial charge on any atom is 0.254 e. The number of rotatable bonds is 3. The number of benzene rings is 1. The monoisotopic (exact) mass is 346 g/mol. The Morgan fingerprint density at radius 2 is 2.28 bits per heavy atom. The number of aryl methyl sites for hydroxylation is 1. The molecule has 0 unspecified atom stereocenters. The van der Waals surface area contributed by atoms with Gasteiger partial charge in [-0.15, -0.1) is 0 Å². The summed E-state index contributed by atoms with van der Waals surface area (Å²) >= 11 is 0. The van der Waals surface area contributed by atoms with E-state index in [2.05, 4.69) is 15.3 Å². The molecular weight excluding hydrogens is 324 g/mol. The highest BCUT2D eigenvalue weighted by molar-refractivity contribution is 5.97. The number of imidazole rings is 1. The van der Waals surface area contributed by atoms with E-state index in [1.807, 2.05) is 6.92 Å². The Bertz CT molecular complexity index is 803. The summed E-state index contributed by atoms with van der Waals surface area (Å²) in [6, 6.07) is 5.28. The Balaban J connectivity index is 1.79. The first-order valence-electron chi connectivity index (χ1n) is 8.16. The number of aliphatic hydroxyl groups is 1. The third kappa shape index (κ3) is 3.97. The molecule has 1 aliphatic rings. The molecule has 0 radical (unpaired) electrons. The van der Waals surface area contributed by atoms with Crippen LogP contribution in [0.5, 0.6) is 0 Å². The molecule has 0 aliphatic carbocycles. The summed E-state index contributed by atoms with van der Waals surface area (Å²) < 4.78 is 5.42. The van der Waals surface area contributed by atoms with Crippen LogP contribution < -0.4 is 5.32 Å². The number of nitrogens with one attached hydrogen (secondary N) is 2. The number of β-amino-alcohol motifs (C(OH)–C–C–N with tert-alkyl or cyclic N) is 1. The summed E-state index contributed by atoms with van der Waals surface area (Å²) in [6.07, 6.45) is 0. The SMILES string of the molecule is CC(=O)NC[C@@]1(O)COCCN(C(=O)c2ccc3nc(C)[nH]c3c2)C1. The van der Waals surface area contributed by atoms with Crippen LogP contribution >= 0.6 is 0 Å². The normalized spacial score (nSPS) is 21.2. The molecule has 1 aromatic heterocycles. The maximum atomic E-state index is 12.9. The first kappa shape index (κ1) is 17.4. The Morgan fingerprint density at radius 3 is 3.04 bits per heavy atom. The number of carbonyl (C=O) groups is 2. The van der Waals surface area contributed by atoms with Gasteiger partial charge in [0, 0.05) is 19.0 Å². The highest BCUT2D eigenvalue weighted by Gasteiger charge is 2.35. The van der Waals surface area contributed by atoms with Crippen molar-refractivity contribution in [2.75, 3.05) is 32.8 Å². The summed E-state index contributed by atoms with van der Waals surface area (Å²) in [7, 11) is 0. The second-order valence-corrected chi connectivity index (χ2v) is 6.47. The predicted molar refractivity (Wildman–Crippen MR) is 91.2 cm³/mol. The fourth-order valence-electron chi connectivity index (χ4n) is 2.94. The van der Waals surface area contributed by atoms with Crippen LogP contribution in [0.4, 0.5) is 0 Å². The van der Waals surface area contributed by atoms with E-state index in [1.54, 1.807) is 23.1 Å². The number of fused-ring (bicyclic) bond motifs is 1. The zero-order valence-corrected chi connectivity index (χ0v) is 14.3. The van der Waals surface area contributed by atoms with Gasteiger partial charge in [0.2, 0.25) is 5.91 Å². The second kappa shape index (κ2) is 6.81. The van der Waals surface area contributed by atoms with Crippen molar-refractivity contribution in [3.8, 4) is 0 Å². The van der Waals surface area contributed by atoms with E-state index in [0.717, 1.165) is 16.9 Å². The fourth-order valence-corrected chi connectivity index (χ4v) is 2.94. The molecule has 2 aromatic rings. The van der Waals surface area contributed by atoms with Gasteiger partial charge >= 0.3 is 0 Å². The number of amides is 2. The van der Waals surface area contributed by atoms with Gasteiger partial charge in [-0.2, -0.15) is 0 Å². The minimum absolute atomic E-state index is 0.0326. The number of aromatic nitrogens is 2. The van der Waals surface area contributed by atoms with E-state index < -0.39 is 5.60 Å². The molecule has 3 rings (SSSR count). The molecule has 134 valence electrons. The van der Waals surface area contributed by atoms with E-state index in [0.29, 0.717) is 18.7 Å². The predicted octanol–water partition coefficient (Wildman–Crippen LogP) is 0.211. The van der Waals surface area contributed by atoms with E-state index >= 15 is 0 Å². The molecule has 8 nitrogen and oxygen atoms in total. The molecule has 0 bridgehead atoms. The highest BCUT2D eigenvalue weighted by atomic mass is 16.5. The van der Waals surface area contributed by atoms with Crippen LogP contribution in [0.25, 0.3) is 11.0 Å². The van der Waals surface area contributed by atoms with Gasteiger partial charge in [-0.25, -0.2) is 4.98 Å². The second-order valence-electron chi connectivity index (χ2n) is 6.47. The van der Waals surface area contributed by atoms with Crippen molar-refractivity contribution in [1.29, 1.82) is 0 Å². The lowest BCUT2D eigenvalue weighted by molar-refractivity contribution is -0.120. The molecule has 1 atom stereocenters. The zero-order valence-electron chi connectivity index (χ0n) is 14.3. The van der Waals surface area contributed by atoms with Crippen molar-refractivity contribution in [2.24, 2.45) is 0 Å². The first-order valence-corrected chi connectivity index (χ1v) is 8.16. The molecule has 0 saturated carbocycles. The molecular formula is C17H22N4O4. The van der Waals surface area contributed by atoms with Gasteiger partial charge in [0.05, 0.1) is 37.3 Å². The van der Waals surface area contributed by atoms with Gasteiger partial charge in [-0.3, -0.25) is 9.59 Å². The van der Waals surface area contributed by atoms with Crippen molar-refractivity contribution < 1.29 is 19.4 Å². The zero-order chi connectivity index (χ0) is 18.0. The number of hydrogen-bond donors (Lipinski definition) is 3. The third-order valence-electron chi connectivity index (χ3n) is 4.16. The van der Waals surface area contributed by atoms with Crippen LogP contribution in [0.2, 0.25) is 0 Å². The van der Waals surface area contributed by atoms with Gasteiger partial charge in [0.25, 0.3) is 5.91 Å². The molecule has 2 heterocycles. The molecule has 8 heteroatoms. The number of nitrogens with zero attached hydrogens (tertiary/aromatic N) is 2. The molecule has 2 amide bonds. The first-order chi connectivity index (χ1) is 11.9. The van der Waals surface area contributed by atoms with Crippen LogP contribution in [0.15, 0.2) is 18.2 Å². The number of aromatic amines is 1. The summed E-state index contributed by atoms with van der Waals surface area (Å²) in [4.78, 5) is 33.0. The van der Waals surface area contributed by atoms with Gasteiger partial charge in [0.15, 0.2) is 0 Å². The van der Waals surface area contributed by atoms with E-state index in [9.17, 15) is 14.7 Å². The van der Waals surface area contributed by atoms with Crippen molar-refractivity contribution in [3.63, 3.8) is 0 Å². The molecule has 1 aromatic carbocycles. The molecule has 0 spiro atoms. The van der Waals surface area contributed by atoms with E-state index in [1.165, 1.54) is 6.92 Å². The Labute approximate surface area is 145 Å². The summed E-state index contributed by atoms with van der Waals surface area (Å²) in [5.74, 6) is 0.351. The standard InChI is InChI=1S/C17H22N4O4/c1-11-19-14-4-3-13(7-15(14)20-11)16(23)21-5-6-25-10-17(24,9-21)8-18-12(2)22/h3-4,7,24H,5-6,8-10H2,1-2H3,(H,18,22)(H,19,20)/t17-/m0/s1. The van der Waals surface area contributed by atoms with Crippen LogP contribution in [-0.2, 0) is 9.53 Å². The topological polar surface area (TPSA) is 108 Å². The van der Waals surface area contributed by atoms with Crippen molar-refractivity contribution >= 4 is 22.8 Å². The van der Waals surface area contributed by atoms with Gasteiger partial charge < -0.3 is 25.0 Å². The van der Waals surface area contributed by atoms with Crippen LogP contribution in [0.3, 0.4) is 0 Å². The quantitative estimate of drug-likeness (QED) is 0.736. The van der Waals surface area contributed by atoms with Crippen molar-refractivity contribution in [1.82, 2.24) is 20.2 Å². The van der Waals surface area contributed by atoms with Gasteiger partial charge in [-0.1, -0.05) is 0 Å². The van der Waals surface area contributed by atoms with Crippen molar-refractivity contribution in [3.05, 3.63) is 29.6 Å². The lowest BCUT2D eigenvalue weighted by atomic mass is 10.0. The van der Waals surface area contributed by atoms with Crippen LogP contribution in [0, 0.1) is 6.92 Å². The Kier molecular flexibility index (Phi) is 4.73. The number of ether oxygens (including phenoxy) is 1. The minimum atomic E-state index is -1.31. The van der Waals surface area contributed by atoms with Gasteiger partial charge in [-0.05, 0) is 25.1 Å².